The van der Waals surface area contributed by atoms with Gasteiger partial charge in [-0.1, -0.05) is 37.6 Å². The highest BCUT2D eigenvalue weighted by molar-refractivity contribution is 5.94. The molecule has 0 atom stereocenters. The van der Waals surface area contributed by atoms with E-state index >= 15 is 0 Å². The van der Waals surface area contributed by atoms with Gasteiger partial charge in [-0.25, -0.2) is 0 Å². The second-order valence-electron chi connectivity index (χ2n) is 5.04. The Bertz CT molecular complexity index is 580. The van der Waals surface area contributed by atoms with Crippen LogP contribution in [0.1, 0.15) is 31.0 Å². The lowest BCUT2D eigenvalue weighted by Gasteiger charge is -2.25. The second kappa shape index (κ2) is 7.43. The van der Waals surface area contributed by atoms with E-state index in [1.807, 2.05) is 30.3 Å². The minimum Gasteiger partial charge on any atom is -0.382 e. The highest BCUT2D eigenvalue weighted by atomic mass is 15.1. The van der Waals surface area contributed by atoms with Gasteiger partial charge in [0.25, 0.3) is 0 Å². The van der Waals surface area contributed by atoms with Crippen molar-refractivity contribution in [2.75, 3.05) is 11.4 Å². The Morgan fingerprint density at radius 3 is 2.62 bits per heavy atom. The van der Waals surface area contributed by atoms with Crippen LogP contribution in [0, 0.1) is 5.41 Å². The Morgan fingerprint density at radius 1 is 1.19 bits per heavy atom. The van der Waals surface area contributed by atoms with Crippen molar-refractivity contribution in [1.82, 2.24) is 4.98 Å². The van der Waals surface area contributed by atoms with Crippen molar-refractivity contribution < 1.29 is 0 Å². The molecule has 110 valence electrons. The zero-order chi connectivity index (χ0) is 15.1. The molecule has 0 aliphatic rings. The number of para-hydroxylation sites is 1. The van der Waals surface area contributed by atoms with Crippen molar-refractivity contribution in [2.45, 2.75) is 26.3 Å². The van der Waals surface area contributed by atoms with Gasteiger partial charge in [0.1, 0.15) is 11.5 Å². The Morgan fingerprint density at radius 2 is 1.95 bits per heavy atom. The van der Waals surface area contributed by atoms with Crippen molar-refractivity contribution in [3.05, 3.63) is 59.9 Å². The molecular weight excluding hydrogens is 260 g/mol. The van der Waals surface area contributed by atoms with Gasteiger partial charge in [0.15, 0.2) is 0 Å². The number of nitrogens with zero attached hydrogens (tertiary/aromatic N) is 2. The quantitative estimate of drug-likeness (QED) is 0.605. The molecule has 0 aliphatic heterocycles. The average molecular weight is 282 g/mol. The molecule has 0 fully saturated rings. The van der Waals surface area contributed by atoms with Crippen molar-refractivity contribution in [3.8, 4) is 0 Å². The summed E-state index contributed by atoms with van der Waals surface area (Å²) < 4.78 is 0. The SMILES string of the molecule is CCCCN(Cc1cccnc1C(=N)N)c1ccccc1. The van der Waals surface area contributed by atoms with Gasteiger partial charge in [-0.05, 0) is 24.6 Å². The zero-order valence-electron chi connectivity index (χ0n) is 12.4. The van der Waals surface area contributed by atoms with E-state index in [2.05, 4.69) is 28.9 Å². The van der Waals surface area contributed by atoms with Crippen molar-refractivity contribution in [2.24, 2.45) is 5.73 Å². The summed E-state index contributed by atoms with van der Waals surface area (Å²) in [6, 6.07) is 14.2. The van der Waals surface area contributed by atoms with Gasteiger partial charge in [0.2, 0.25) is 0 Å². The minimum absolute atomic E-state index is 0.0223. The highest BCUT2D eigenvalue weighted by Crippen LogP contribution is 2.18. The fourth-order valence-electron chi connectivity index (χ4n) is 2.30. The van der Waals surface area contributed by atoms with E-state index in [1.54, 1.807) is 6.20 Å². The summed E-state index contributed by atoms with van der Waals surface area (Å²) in [7, 11) is 0. The summed E-state index contributed by atoms with van der Waals surface area (Å²) in [5.41, 5.74) is 8.39. The standard InChI is InChI=1S/C17H22N4/c1-2-3-12-21(15-9-5-4-6-10-15)13-14-8-7-11-20-16(14)17(18)19/h4-11H,2-3,12-13H2,1H3,(H3,18,19). The summed E-state index contributed by atoms with van der Waals surface area (Å²) in [5, 5.41) is 7.66. The fraction of sp³-hybridized carbons (Fsp3) is 0.294. The molecule has 4 heteroatoms. The van der Waals surface area contributed by atoms with E-state index in [1.165, 1.54) is 5.69 Å². The van der Waals surface area contributed by atoms with E-state index in [0.717, 1.165) is 24.9 Å². The van der Waals surface area contributed by atoms with E-state index in [0.29, 0.717) is 12.2 Å². The van der Waals surface area contributed by atoms with Gasteiger partial charge >= 0.3 is 0 Å². The molecule has 0 unspecified atom stereocenters. The maximum atomic E-state index is 7.66. The van der Waals surface area contributed by atoms with Crippen LogP contribution >= 0.6 is 0 Å². The third-order valence-corrected chi connectivity index (χ3v) is 3.41. The first kappa shape index (κ1) is 15.0. The van der Waals surface area contributed by atoms with Gasteiger partial charge in [-0.2, -0.15) is 0 Å². The van der Waals surface area contributed by atoms with Crippen LogP contribution in [0.2, 0.25) is 0 Å². The third kappa shape index (κ3) is 4.05. The number of hydrogen-bond donors (Lipinski definition) is 2. The summed E-state index contributed by atoms with van der Waals surface area (Å²) >= 11 is 0. The Hall–Kier alpha value is -2.36. The molecule has 0 saturated carbocycles. The fourth-order valence-corrected chi connectivity index (χ4v) is 2.30. The van der Waals surface area contributed by atoms with Gasteiger partial charge in [-0.15, -0.1) is 0 Å². The Kier molecular flexibility index (Phi) is 5.32. The molecule has 4 nitrogen and oxygen atoms in total. The molecule has 0 aliphatic carbocycles. The number of hydrogen-bond acceptors (Lipinski definition) is 3. The summed E-state index contributed by atoms with van der Waals surface area (Å²) in [6.07, 6.45) is 3.96. The predicted octanol–water partition coefficient (Wildman–Crippen LogP) is 3.17. The van der Waals surface area contributed by atoms with E-state index < -0.39 is 0 Å². The van der Waals surface area contributed by atoms with Crippen LogP contribution in [0.5, 0.6) is 0 Å². The van der Waals surface area contributed by atoms with Gasteiger partial charge in [-0.3, -0.25) is 10.4 Å². The van der Waals surface area contributed by atoms with Crippen LogP contribution in [-0.2, 0) is 6.54 Å². The van der Waals surface area contributed by atoms with E-state index in [4.69, 9.17) is 11.1 Å². The molecule has 2 rings (SSSR count). The van der Waals surface area contributed by atoms with Crippen molar-refractivity contribution in [3.63, 3.8) is 0 Å². The number of anilines is 1. The summed E-state index contributed by atoms with van der Waals surface area (Å²) in [5.74, 6) is 0.0223. The normalized spacial score (nSPS) is 10.3. The van der Waals surface area contributed by atoms with Gasteiger partial charge in [0, 0.05) is 30.5 Å². The predicted molar refractivity (Wildman–Crippen MR) is 87.7 cm³/mol. The molecule has 21 heavy (non-hydrogen) atoms. The van der Waals surface area contributed by atoms with E-state index in [9.17, 15) is 0 Å². The number of aromatic nitrogens is 1. The Labute approximate surface area is 126 Å². The maximum absolute atomic E-state index is 7.66. The first-order valence-corrected chi connectivity index (χ1v) is 7.30. The number of nitrogens with two attached hydrogens (primary N) is 1. The molecule has 0 amide bonds. The van der Waals surface area contributed by atoms with E-state index in [-0.39, 0.29) is 5.84 Å². The molecule has 0 bridgehead atoms. The second-order valence-corrected chi connectivity index (χ2v) is 5.04. The molecule has 1 aromatic heterocycles. The monoisotopic (exact) mass is 282 g/mol. The lowest BCUT2D eigenvalue weighted by molar-refractivity contribution is 0.714. The molecule has 1 heterocycles. The number of nitrogens with one attached hydrogen (secondary N) is 1. The van der Waals surface area contributed by atoms with Gasteiger partial charge < -0.3 is 10.6 Å². The number of nitrogen functional groups attached to an aromatic ring is 1. The van der Waals surface area contributed by atoms with Crippen LogP contribution in [-0.4, -0.2) is 17.4 Å². The molecule has 0 spiro atoms. The summed E-state index contributed by atoms with van der Waals surface area (Å²) in [6.45, 7) is 3.88. The largest absolute Gasteiger partial charge is 0.382 e. The lowest BCUT2D eigenvalue weighted by Crippen LogP contribution is -2.26. The molecule has 1 aromatic carbocycles. The Balaban J connectivity index is 2.25. The topological polar surface area (TPSA) is 66.0 Å². The smallest absolute Gasteiger partial charge is 0.142 e. The number of amidine groups is 1. The van der Waals surface area contributed by atoms with Crippen LogP contribution < -0.4 is 10.6 Å². The maximum Gasteiger partial charge on any atom is 0.142 e. The number of unbranched alkanes of at least 4 members (excludes halogenated alkanes) is 1. The molecule has 0 radical (unpaired) electrons. The average Bonchev–Trinajstić information content (AvgIpc) is 2.52. The van der Waals surface area contributed by atoms with Crippen molar-refractivity contribution >= 4 is 11.5 Å². The van der Waals surface area contributed by atoms with Crippen LogP contribution in [0.4, 0.5) is 5.69 Å². The zero-order valence-corrected chi connectivity index (χ0v) is 12.4. The summed E-state index contributed by atoms with van der Waals surface area (Å²) in [4.78, 5) is 6.54. The molecule has 0 saturated heterocycles. The van der Waals surface area contributed by atoms with Crippen LogP contribution in [0.3, 0.4) is 0 Å². The van der Waals surface area contributed by atoms with Gasteiger partial charge in [0.05, 0.1) is 0 Å². The van der Waals surface area contributed by atoms with Crippen molar-refractivity contribution in [1.29, 1.82) is 5.41 Å². The van der Waals surface area contributed by atoms with Crippen LogP contribution in [0.15, 0.2) is 48.7 Å². The third-order valence-electron chi connectivity index (χ3n) is 3.41. The highest BCUT2D eigenvalue weighted by Gasteiger charge is 2.11. The first-order chi connectivity index (χ1) is 10.2. The van der Waals surface area contributed by atoms with Crippen LogP contribution in [0.25, 0.3) is 0 Å². The minimum atomic E-state index is 0.0223. The first-order valence-electron chi connectivity index (χ1n) is 7.30. The number of pyridine rings is 1. The number of benzene rings is 1. The molecule has 2 aromatic rings. The molecular formula is C17H22N4. The molecule has 3 N–H and O–H groups in total. The lowest BCUT2D eigenvalue weighted by atomic mass is 10.1. The number of rotatable bonds is 7.